The quantitative estimate of drug-likeness (QED) is 0.455. The first-order valence-electron chi connectivity index (χ1n) is 8.82. The average Bonchev–Trinajstić information content (AvgIpc) is 3.19. The number of pyridine rings is 1. The van der Waals surface area contributed by atoms with Crippen LogP contribution in [0.1, 0.15) is 0 Å². The van der Waals surface area contributed by atoms with Gasteiger partial charge in [-0.2, -0.15) is 0 Å². The maximum absolute atomic E-state index is 11.7. The first kappa shape index (κ1) is 19.3. The second-order valence-electron chi connectivity index (χ2n) is 6.46. The lowest BCUT2D eigenvalue weighted by Gasteiger charge is -2.04. The number of sulfone groups is 1. The van der Waals surface area contributed by atoms with Crippen LogP contribution >= 0.6 is 11.3 Å². The molecule has 5 nitrogen and oxygen atoms in total. The molecule has 0 saturated heterocycles. The first-order valence-corrected chi connectivity index (χ1v) is 11.5. The number of thiazole rings is 1. The van der Waals surface area contributed by atoms with Crippen LogP contribution in [0.25, 0.3) is 32.3 Å². The molecule has 0 aliphatic heterocycles. The molecule has 7 heteroatoms. The molecule has 2 aromatic heterocycles. The number of aromatic nitrogens is 2. The van der Waals surface area contributed by atoms with Crippen LogP contribution in [0.2, 0.25) is 0 Å². The maximum Gasteiger partial charge on any atom is 0.175 e. The van der Waals surface area contributed by atoms with Gasteiger partial charge in [0.2, 0.25) is 0 Å². The van der Waals surface area contributed by atoms with Crippen LogP contribution in [0.3, 0.4) is 0 Å². The van der Waals surface area contributed by atoms with Crippen molar-refractivity contribution >= 4 is 21.2 Å². The summed E-state index contributed by atoms with van der Waals surface area (Å²) in [5.41, 5.74) is 3.75. The predicted octanol–water partition coefficient (Wildman–Crippen LogP) is 4.95. The number of benzene rings is 2. The topological polar surface area (TPSA) is 69.2 Å². The summed E-state index contributed by atoms with van der Waals surface area (Å²) in [7, 11) is -1.60. The zero-order valence-corrected chi connectivity index (χ0v) is 17.5. The molecule has 0 bridgehead atoms. The van der Waals surface area contributed by atoms with Crippen molar-refractivity contribution in [1.29, 1.82) is 0 Å². The summed E-state index contributed by atoms with van der Waals surface area (Å²) in [5, 5.41) is 0.822. The van der Waals surface area contributed by atoms with Gasteiger partial charge in [0.25, 0.3) is 0 Å². The standard InChI is InChI=1S/C22H18N2O3S2/c1-27-18-7-3-15(4-8-18)20-21(16-11-13-23-14-12-16)28-22(24-20)17-5-9-19(10-6-17)29(2,25)26/h3-14H,1-2H3. The van der Waals surface area contributed by atoms with Gasteiger partial charge in [0.15, 0.2) is 9.84 Å². The smallest absolute Gasteiger partial charge is 0.175 e. The summed E-state index contributed by atoms with van der Waals surface area (Å²) < 4.78 is 28.7. The summed E-state index contributed by atoms with van der Waals surface area (Å²) in [6.07, 6.45) is 4.72. The van der Waals surface area contributed by atoms with E-state index < -0.39 is 9.84 Å². The van der Waals surface area contributed by atoms with E-state index in [1.54, 1.807) is 55.1 Å². The lowest BCUT2D eigenvalue weighted by atomic mass is 10.1. The molecular formula is C22H18N2O3S2. The molecule has 4 rings (SSSR count). The van der Waals surface area contributed by atoms with Gasteiger partial charge in [0.1, 0.15) is 10.8 Å². The van der Waals surface area contributed by atoms with Crippen molar-refractivity contribution in [2.45, 2.75) is 4.90 Å². The van der Waals surface area contributed by atoms with Crippen LogP contribution in [0.15, 0.2) is 78.0 Å². The van der Waals surface area contributed by atoms with Crippen molar-refractivity contribution in [3.63, 3.8) is 0 Å². The molecule has 2 heterocycles. The summed E-state index contributed by atoms with van der Waals surface area (Å²) in [4.78, 5) is 10.3. The van der Waals surface area contributed by atoms with Gasteiger partial charge in [-0.25, -0.2) is 13.4 Å². The van der Waals surface area contributed by atoms with Crippen molar-refractivity contribution in [3.05, 3.63) is 73.1 Å². The van der Waals surface area contributed by atoms with E-state index in [2.05, 4.69) is 4.98 Å². The number of rotatable bonds is 5. The van der Waals surface area contributed by atoms with E-state index in [9.17, 15) is 8.42 Å². The first-order chi connectivity index (χ1) is 14.0. The summed E-state index contributed by atoms with van der Waals surface area (Å²) in [5.74, 6) is 0.783. The van der Waals surface area contributed by atoms with E-state index in [1.165, 1.54) is 6.26 Å². The van der Waals surface area contributed by atoms with Crippen LogP contribution in [-0.4, -0.2) is 31.8 Å². The SMILES string of the molecule is COc1ccc(-c2nc(-c3ccc(S(C)(=O)=O)cc3)sc2-c2ccncc2)cc1. The van der Waals surface area contributed by atoms with Crippen LogP contribution in [0.5, 0.6) is 5.75 Å². The van der Waals surface area contributed by atoms with Crippen LogP contribution in [-0.2, 0) is 9.84 Å². The van der Waals surface area contributed by atoms with Gasteiger partial charge in [0.05, 0.1) is 22.6 Å². The fourth-order valence-electron chi connectivity index (χ4n) is 2.93. The Kier molecular flexibility index (Phi) is 5.17. The second-order valence-corrected chi connectivity index (χ2v) is 9.47. The number of nitrogens with zero attached hydrogens (tertiary/aromatic N) is 2. The molecule has 0 unspecified atom stereocenters. The Balaban J connectivity index is 1.83. The Morgan fingerprint density at radius 3 is 2.03 bits per heavy atom. The van der Waals surface area contributed by atoms with Gasteiger partial charge in [-0.05, 0) is 54.1 Å². The van der Waals surface area contributed by atoms with Gasteiger partial charge in [-0.3, -0.25) is 4.98 Å². The van der Waals surface area contributed by atoms with Crippen molar-refractivity contribution in [3.8, 4) is 38.0 Å². The van der Waals surface area contributed by atoms with Crippen molar-refractivity contribution in [1.82, 2.24) is 9.97 Å². The molecule has 0 aliphatic carbocycles. The molecule has 0 saturated carbocycles. The van der Waals surface area contributed by atoms with E-state index in [0.717, 1.165) is 38.0 Å². The normalized spacial score (nSPS) is 11.4. The Hall–Kier alpha value is -3.03. The number of hydrogen-bond donors (Lipinski definition) is 0. The van der Waals surface area contributed by atoms with Gasteiger partial charge in [0, 0.05) is 29.8 Å². The van der Waals surface area contributed by atoms with E-state index >= 15 is 0 Å². The third kappa shape index (κ3) is 4.06. The summed E-state index contributed by atoms with van der Waals surface area (Å²) in [6, 6.07) is 18.5. The van der Waals surface area contributed by atoms with E-state index in [1.807, 2.05) is 36.4 Å². The molecule has 0 spiro atoms. The van der Waals surface area contributed by atoms with Gasteiger partial charge < -0.3 is 4.74 Å². The zero-order valence-electron chi connectivity index (χ0n) is 15.9. The molecule has 4 aromatic rings. The Morgan fingerprint density at radius 1 is 0.828 bits per heavy atom. The third-order valence-electron chi connectivity index (χ3n) is 4.46. The fraction of sp³-hybridized carbons (Fsp3) is 0.0909. The fourth-order valence-corrected chi connectivity index (χ4v) is 4.66. The molecule has 2 aromatic carbocycles. The third-order valence-corrected chi connectivity index (χ3v) is 6.74. The van der Waals surface area contributed by atoms with Crippen LogP contribution in [0, 0.1) is 0 Å². The highest BCUT2D eigenvalue weighted by Crippen LogP contribution is 2.40. The van der Waals surface area contributed by atoms with Crippen molar-refractivity contribution in [2.75, 3.05) is 13.4 Å². The van der Waals surface area contributed by atoms with E-state index in [0.29, 0.717) is 4.90 Å². The number of ether oxygens (including phenoxy) is 1. The van der Waals surface area contributed by atoms with Crippen LogP contribution in [0.4, 0.5) is 0 Å². The molecule has 29 heavy (non-hydrogen) atoms. The Bertz CT molecular complexity index is 1230. The second kappa shape index (κ2) is 7.77. The van der Waals surface area contributed by atoms with E-state index in [4.69, 9.17) is 9.72 Å². The maximum atomic E-state index is 11.7. The van der Waals surface area contributed by atoms with Gasteiger partial charge in [-0.1, -0.05) is 12.1 Å². The Labute approximate surface area is 173 Å². The van der Waals surface area contributed by atoms with Crippen molar-refractivity contribution < 1.29 is 13.2 Å². The average molecular weight is 423 g/mol. The van der Waals surface area contributed by atoms with Gasteiger partial charge in [-0.15, -0.1) is 11.3 Å². The molecule has 0 fully saturated rings. The summed E-state index contributed by atoms with van der Waals surface area (Å²) in [6.45, 7) is 0. The molecular weight excluding hydrogens is 404 g/mol. The van der Waals surface area contributed by atoms with Crippen molar-refractivity contribution in [2.24, 2.45) is 0 Å². The molecule has 0 aliphatic rings. The van der Waals surface area contributed by atoms with E-state index in [-0.39, 0.29) is 0 Å². The number of methoxy groups -OCH3 is 1. The largest absolute Gasteiger partial charge is 0.497 e. The minimum atomic E-state index is -3.23. The summed E-state index contributed by atoms with van der Waals surface area (Å²) >= 11 is 1.56. The predicted molar refractivity (Wildman–Crippen MR) is 116 cm³/mol. The highest BCUT2D eigenvalue weighted by molar-refractivity contribution is 7.90. The highest BCUT2D eigenvalue weighted by atomic mass is 32.2. The van der Waals surface area contributed by atoms with Gasteiger partial charge >= 0.3 is 0 Å². The molecule has 0 atom stereocenters. The zero-order chi connectivity index (χ0) is 20.4. The van der Waals surface area contributed by atoms with Crippen LogP contribution < -0.4 is 4.74 Å². The lowest BCUT2D eigenvalue weighted by molar-refractivity contribution is 0.415. The monoisotopic (exact) mass is 422 g/mol. The molecule has 0 N–H and O–H groups in total. The Morgan fingerprint density at radius 2 is 1.45 bits per heavy atom. The number of hydrogen-bond acceptors (Lipinski definition) is 6. The minimum Gasteiger partial charge on any atom is -0.497 e. The molecule has 146 valence electrons. The highest BCUT2D eigenvalue weighted by Gasteiger charge is 2.17. The molecule has 0 amide bonds. The minimum absolute atomic E-state index is 0.294. The molecule has 0 radical (unpaired) electrons. The lowest BCUT2D eigenvalue weighted by Crippen LogP contribution is -1.96.